The summed E-state index contributed by atoms with van der Waals surface area (Å²) in [5.41, 5.74) is 1.19. The Hall–Kier alpha value is 0.350. The van der Waals surface area contributed by atoms with Crippen molar-refractivity contribution in [3.63, 3.8) is 0 Å². The van der Waals surface area contributed by atoms with Crippen LogP contribution in [0.4, 0.5) is 0 Å². The molecule has 0 saturated carbocycles. The van der Waals surface area contributed by atoms with Gasteiger partial charge in [-0.3, -0.25) is 0 Å². The van der Waals surface area contributed by atoms with Gasteiger partial charge < -0.3 is 14.6 Å². The van der Waals surface area contributed by atoms with Gasteiger partial charge in [0.05, 0.1) is 0 Å². The first-order valence-corrected chi connectivity index (χ1v) is 5.96. The summed E-state index contributed by atoms with van der Waals surface area (Å²) < 4.78 is 12.4. The summed E-state index contributed by atoms with van der Waals surface area (Å²) in [6.45, 7) is 5.86. The average Bonchev–Trinajstić information content (AvgIpc) is 2.50. The number of aliphatic hydroxyl groups excluding tert-OH is 1. The van der Waals surface area contributed by atoms with Crippen molar-refractivity contribution < 1.29 is 14.6 Å². The number of fused-ring (bicyclic) bond motifs is 1. The van der Waals surface area contributed by atoms with Crippen molar-refractivity contribution in [1.82, 2.24) is 0 Å². The molecule has 1 saturated heterocycles. The van der Waals surface area contributed by atoms with E-state index < -0.39 is 11.9 Å². The van der Waals surface area contributed by atoms with Crippen molar-refractivity contribution >= 4 is 22.6 Å². The van der Waals surface area contributed by atoms with Crippen molar-refractivity contribution in [3.8, 4) is 0 Å². The lowest BCUT2D eigenvalue weighted by molar-refractivity contribution is -0.153. The minimum atomic E-state index is -0.561. The highest BCUT2D eigenvalue weighted by atomic mass is 127. The summed E-state index contributed by atoms with van der Waals surface area (Å²) in [5, 5.41) is 9.93. The third kappa shape index (κ3) is 1.52. The molecule has 0 spiro atoms. The lowest BCUT2D eigenvalue weighted by Crippen LogP contribution is -2.29. The Morgan fingerprint density at radius 1 is 1.43 bits per heavy atom. The van der Waals surface area contributed by atoms with Gasteiger partial charge >= 0.3 is 0 Å². The molecule has 14 heavy (non-hydrogen) atoms. The molecular weight excluding hydrogens is 295 g/mol. The van der Waals surface area contributed by atoms with Gasteiger partial charge in [-0.05, 0) is 48.4 Å². The number of halogens is 1. The van der Waals surface area contributed by atoms with E-state index in [-0.39, 0.29) is 12.2 Å². The van der Waals surface area contributed by atoms with E-state index in [1.807, 2.05) is 13.8 Å². The van der Waals surface area contributed by atoms with Gasteiger partial charge in [-0.2, -0.15) is 0 Å². The van der Waals surface area contributed by atoms with Gasteiger partial charge in [-0.25, -0.2) is 0 Å². The van der Waals surface area contributed by atoms with Crippen molar-refractivity contribution in [2.45, 2.75) is 51.3 Å². The smallest absolute Gasteiger partial charge is 0.164 e. The van der Waals surface area contributed by atoms with E-state index in [4.69, 9.17) is 9.47 Å². The Kier molecular flexibility index (Phi) is 2.66. The highest BCUT2D eigenvalue weighted by Crippen LogP contribution is 2.44. The van der Waals surface area contributed by atoms with E-state index in [0.717, 1.165) is 10.0 Å². The second-order valence-electron chi connectivity index (χ2n) is 4.19. The van der Waals surface area contributed by atoms with Crippen molar-refractivity contribution in [2.75, 3.05) is 0 Å². The van der Waals surface area contributed by atoms with E-state index in [1.165, 1.54) is 5.57 Å². The molecule has 1 aliphatic carbocycles. The molecule has 1 aliphatic heterocycles. The molecule has 80 valence electrons. The van der Waals surface area contributed by atoms with Crippen LogP contribution in [0.2, 0.25) is 0 Å². The van der Waals surface area contributed by atoms with Gasteiger partial charge in [0.2, 0.25) is 0 Å². The first-order chi connectivity index (χ1) is 6.46. The molecule has 2 rings (SSSR count). The summed E-state index contributed by atoms with van der Waals surface area (Å²) in [5.74, 6) is -0.561. The van der Waals surface area contributed by atoms with Crippen molar-refractivity contribution in [3.05, 3.63) is 9.15 Å². The molecule has 4 heteroatoms. The molecule has 2 aliphatic rings. The van der Waals surface area contributed by atoms with E-state index in [2.05, 4.69) is 29.5 Å². The van der Waals surface area contributed by atoms with Crippen LogP contribution < -0.4 is 0 Å². The third-order valence-electron chi connectivity index (χ3n) is 2.73. The minimum Gasteiger partial charge on any atom is -0.385 e. The summed E-state index contributed by atoms with van der Waals surface area (Å²) in [7, 11) is 0. The summed E-state index contributed by atoms with van der Waals surface area (Å²) in [6.07, 6.45) is 0.164. The molecule has 0 unspecified atom stereocenters. The molecule has 0 bridgehead atoms. The van der Waals surface area contributed by atoms with E-state index >= 15 is 0 Å². The minimum absolute atomic E-state index is 0.0445. The van der Waals surface area contributed by atoms with Crippen molar-refractivity contribution in [2.24, 2.45) is 0 Å². The average molecular weight is 310 g/mol. The van der Waals surface area contributed by atoms with Gasteiger partial charge in [0, 0.05) is 3.58 Å². The maximum atomic E-state index is 9.93. The zero-order valence-electron chi connectivity index (χ0n) is 8.58. The molecule has 0 aromatic rings. The summed E-state index contributed by atoms with van der Waals surface area (Å²) in [6, 6.07) is 0. The monoisotopic (exact) mass is 310 g/mol. The largest absolute Gasteiger partial charge is 0.385 e. The van der Waals surface area contributed by atoms with Crippen LogP contribution in [-0.4, -0.2) is 29.2 Å². The Balaban J connectivity index is 2.28. The van der Waals surface area contributed by atoms with Gasteiger partial charge in [0.15, 0.2) is 5.79 Å². The molecule has 0 radical (unpaired) electrons. The Morgan fingerprint density at radius 3 is 2.64 bits per heavy atom. The molecule has 1 heterocycles. The third-order valence-corrected chi connectivity index (χ3v) is 4.06. The lowest BCUT2D eigenvalue weighted by Gasteiger charge is -2.20. The maximum Gasteiger partial charge on any atom is 0.164 e. The molecule has 1 fully saturated rings. The van der Waals surface area contributed by atoms with Gasteiger partial charge in [0.25, 0.3) is 0 Å². The number of rotatable bonds is 1. The second-order valence-corrected chi connectivity index (χ2v) is 5.35. The van der Waals surface area contributed by atoms with E-state index in [9.17, 15) is 5.11 Å². The standard InChI is InChI=1S/C10H15IO3/c1-4-5-6(11)7(12)9-8(5)13-10(2,3)14-9/h7-9,12H,4H2,1-3H3/t7-,8+,9-/m0/s1. The van der Waals surface area contributed by atoms with E-state index in [1.54, 1.807) is 0 Å². The molecule has 0 aromatic heterocycles. The van der Waals surface area contributed by atoms with Gasteiger partial charge in [0.1, 0.15) is 18.3 Å². The van der Waals surface area contributed by atoms with Crippen LogP contribution in [0, 0.1) is 0 Å². The zero-order chi connectivity index (χ0) is 10.5. The lowest BCUT2D eigenvalue weighted by atomic mass is 10.1. The van der Waals surface area contributed by atoms with Crippen LogP contribution in [0.25, 0.3) is 0 Å². The van der Waals surface area contributed by atoms with Crippen molar-refractivity contribution in [1.29, 1.82) is 0 Å². The fourth-order valence-electron chi connectivity index (χ4n) is 2.13. The molecule has 0 aromatic carbocycles. The maximum absolute atomic E-state index is 9.93. The molecule has 3 nitrogen and oxygen atoms in total. The number of hydrogen-bond acceptors (Lipinski definition) is 3. The molecule has 0 amide bonds. The van der Waals surface area contributed by atoms with Crippen LogP contribution >= 0.6 is 22.6 Å². The van der Waals surface area contributed by atoms with Crippen LogP contribution in [0.3, 0.4) is 0 Å². The molecule has 1 N–H and O–H groups in total. The van der Waals surface area contributed by atoms with Crippen LogP contribution in [0.5, 0.6) is 0 Å². The number of ether oxygens (including phenoxy) is 2. The Labute approximate surface area is 97.6 Å². The fourth-order valence-corrected chi connectivity index (χ4v) is 3.17. The Bertz CT molecular complexity index is 285. The van der Waals surface area contributed by atoms with Crippen LogP contribution in [-0.2, 0) is 9.47 Å². The normalized spacial score (nSPS) is 40.5. The number of aliphatic hydroxyl groups is 1. The fraction of sp³-hybridized carbons (Fsp3) is 0.800. The first-order valence-electron chi connectivity index (χ1n) is 4.88. The Morgan fingerprint density at radius 2 is 2.07 bits per heavy atom. The predicted octanol–water partition coefficient (Wildman–Crippen LogP) is 1.98. The topological polar surface area (TPSA) is 38.7 Å². The van der Waals surface area contributed by atoms with Gasteiger partial charge in [-0.1, -0.05) is 6.92 Å². The summed E-state index contributed by atoms with van der Waals surface area (Å²) in [4.78, 5) is 0. The second kappa shape index (κ2) is 3.43. The quantitative estimate of drug-likeness (QED) is 0.753. The van der Waals surface area contributed by atoms with Crippen LogP contribution in [0.15, 0.2) is 9.15 Å². The summed E-state index contributed by atoms with van der Waals surface area (Å²) >= 11 is 2.19. The molecule has 3 atom stereocenters. The molecular formula is C10H15IO3. The number of hydrogen-bond donors (Lipinski definition) is 1. The van der Waals surface area contributed by atoms with Crippen LogP contribution in [0.1, 0.15) is 27.2 Å². The highest BCUT2D eigenvalue weighted by Gasteiger charge is 2.51. The zero-order valence-corrected chi connectivity index (χ0v) is 10.7. The predicted molar refractivity (Wildman–Crippen MR) is 61.2 cm³/mol. The van der Waals surface area contributed by atoms with Gasteiger partial charge in [-0.15, -0.1) is 0 Å². The van der Waals surface area contributed by atoms with E-state index in [0.29, 0.717) is 0 Å². The first kappa shape index (κ1) is 10.9. The SMILES string of the molecule is CCC1=C(I)[C@H](O)[C@@H]2OC(C)(C)O[C@H]12. The highest BCUT2D eigenvalue weighted by molar-refractivity contribution is 14.1.